The zero-order chi connectivity index (χ0) is 13.6. The first-order valence-electron chi connectivity index (χ1n) is 5.39. The van der Waals surface area contributed by atoms with E-state index in [4.69, 9.17) is 11.6 Å². The van der Waals surface area contributed by atoms with Crippen molar-refractivity contribution in [3.63, 3.8) is 0 Å². The molecule has 7 heteroatoms. The molecule has 18 heavy (non-hydrogen) atoms. The lowest BCUT2D eigenvalue weighted by molar-refractivity contribution is -0.114. The molecule has 0 aliphatic heterocycles. The highest BCUT2D eigenvalue weighted by molar-refractivity contribution is 7.89. The molecule has 100 valence electrons. The Bertz CT molecular complexity index is 500. The smallest absolute Gasteiger partial charge is 0.240 e. The maximum absolute atomic E-state index is 11.8. The van der Waals surface area contributed by atoms with E-state index in [1.807, 2.05) is 0 Å². The lowest BCUT2D eigenvalue weighted by atomic mass is 10.3. The van der Waals surface area contributed by atoms with Gasteiger partial charge in [0, 0.05) is 25.0 Å². The van der Waals surface area contributed by atoms with Crippen molar-refractivity contribution in [1.29, 1.82) is 0 Å². The zero-order valence-corrected chi connectivity index (χ0v) is 11.5. The van der Waals surface area contributed by atoms with Crippen LogP contribution in [0.4, 0.5) is 5.69 Å². The van der Waals surface area contributed by atoms with Crippen LogP contribution < -0.4 is 10.0 Å². The molecule has 0 aromatic heterocycles. The van der Waals surface area contributed by atoms with E-state index in [1.54, 1.807) is 0 Å². The van der Waals surface area contributed by atoms with Crippen LogP contribution in [-0.4, -0.2) is 26.7 Å². The molecule has 1 amide bonds. The van der Waals surface area contributed by atoms with Crippen LogP contribution in [0.2, 0.25) is 0 Å². The minimum Gasteiger partial charge on any atom is -0.326 e. The van der Waals surface area contributed by atoms with Gasteiger partial charge in [0.15, 0.2) is 0 Å². The van der Waals surface area contributed by atoms with E-state index in [2.05, 4.69) is 10.0 Å². The van der Waals surface area contributed by atoms with Crippen LogP contribution >= 0.6 is 11.6 Å². The van der Waals surface area contributed by atoms with E-state index in [-0.39, 0.29) is 10.8 Å². The maximum atomic E-state index is 11.8. The molecule has 0 heterocycles. The first-order valence-corrected chi connectivity index (χ1v) is 7.41. The molecule has 2 N–H and O–H groups in total. The van der Waals surface area contributed by atoms with Gasteiger partial charge in [0.1, 0.15) is 0 Å². The number of amides is 1. The predicted molar refractivity (Wildman–Crippen MR) is 71.3 cm³/mol. The SMILES string of the molecule is CC(=O)Nc1ccc(S(=O)(=O)NCCCCl)cc1. The summed E-state index contributed by atoms with van der Waals surface area (Å²) in [6.45, 7) is 1.69. The van der Waals surface area contributed by atoms with Crippen LogP contribution in [0.3, 0.4) is 0 Å². The summed E-state index contributed by atoms with van der Waals surface area (Å²) < 4.78 is 26.0. The molecule has 0 radical (unpaired) electrons. The number of carbonyl (C=O) groups excluding carboxylic acids is 1. The van der Waals surface area contributed by atoms with E-state index in [1.165, 1.54) is 31.2 Å². The third-order valence-electron chi connectivity index (χ3n) is 2.09. The minimum absolute atomic E-state index is 0.158. The Balaban J connectivity index is 2.74. The number of nitrogens with one attached hydrogen (secondary N) is 2. The van der Waals surface area contributed by atoms with Gasteiger partial charge in [-0.15, -0.1) is 11.6 Å². The van der Waals surface area contributed by atoms with Gasteiger partial charge in [-0.05, 0) is 30.7 Å². The van der Waals surface area contributed by atoms with Gasteiger partial charge in [-0.25, -0.2) is 13.1 Å². The van der Waals surface area contributed by atoms with Crippen LogP contribution in [0.1, 0.15) is 13.3 Å². The number of rotatable bonds is 6. The van der Waals surface area contributed by atoms with Crippen molar-refractivity contribution in [2.24, 2.45) is 0 Å². The van der Waals surface area contributed by atoms with Crippen LogP contribution in [0.25, 0.3) is 0 Å². The molecule has 1 aromatic carbocycles. The van der Waals surface area contributed by atoms with E-state index >= 15 is 0 Å². The fourth-order valence-corrected chi connectivity index (χ4v) is 2.49. The highest BCUT2D eigenvalue weighted by Gasteiger charge is 2.12. The summed E-state index contributed by atoms with van der Waals surface area (Å²) in [5.74, 6) is 0.204. The molecule has 0 fully saturated rings. The second kappa shape index (κ2) is 6.72. The summed E-state index contributed by atoms with van der Waals surface area (Å²) >= 11 is 5.47. The summed E-state index contributed by atoms with van der Waals surface area (Å²) in [6.07, 6.45) is 0.574. The molecular weight excluding hydrogens is 276 g/mol. The van der Waals surface area contributed by atoms with Crippen molar-refractivity contribution in [3.8, 4) is 0 Å². The van der Waals surface area contributed by atoms with Crippen LogP contribution in [0.15, 0.2) is 29.2 Å². The molecule has 0 unspecified atom stereocenters. The van der Waals surface area contributed by atoms with Gasteiger partial charge in [-0.1, -0.05) is 0 Å². The van der Waals surface area contributed by atoms with Gasteiger partial charge in [0.25, 0.3) is 0 Å². The van der Waals surface area contributed by atoms with Crippen LogP contribution in [0.5, 0.6) is 0 Å². The third-order valence-corrected chi connectivity index (χ3v) is 3.83. The molecule has 0 aliphatic carbocycles. The first kappa shape index (κ1) is 14.9. The van der Waals surface area contributed by atoms with Crippen molar-refractivity contribution in [3.05, 3.63) is 24.3 Å². The number of hydrogen-bond donors (Lipinski definition) is 2. The Kier molecular flexibility index (Phi) is 5.58. The highest BCUT2D eigenvalue weighted by Crippen LogP contribution is 2.13. The quantitative estimate of drug-likeness (QED) is 0.616. The topological polar surface area (TPSA) is 75.3 Å². The standard InChI is InChI=1S/C11H15ClN2O3S/c1-9(15)14-10-3-5-11(6-4-10)18(16,17)13-8-2-7-12/h3-6,13H,2,7-8H2,1H3,(H,14,15). The van der Waals surface area contributed by atoms with Gasteiger partial charge < -0.3 is 5.32 Å². The molecule has 0 atom stereocenters. The number of halogens is 1. The van der Waals surface area contributed by atoms with Gasteiger partial charge >= 0.3 is 0 Å². The normalized spacial score (nSPS) is 11.2. The number of benzene rings is 1. The average molecular weight is 291 g/mol. The van der Waals surface area contributed by atoms with Crippen LogP contribution in [0, 0.1) is 0 Å². The molecule has 0 bridgehead atoms. The van der Waals surface area contributed by atoms with Crippen molar-refractivity contribution in [2.45, 2.75) is 18.2 Å². The van der Waals surface area contributed by atoms with Crippen molar-refractivity contribution in [2.75, 3.05) is 17.7 Å². The van der Waals surface area contributed by atoms with Gasteiger partial charge in [-0.2, -0.15) is 0 Å². The average Bonchev–Trinajstić information content (AvgIpc) is 2.29. The summed E-state index contributed by atoms with van der Waals surface area (Å²) in [5, 5.41) is 2.56. The van der Waals surface area contributed by atoms with E-state index in [0.29, 0.717) is 24.5 Å². The number of anilines is 1. The van der Waals surface area contributed by atoms with E-state index < -0.39 is 10.0 Å². The molecule has 0 aliphatic rings. The Morgan fingerprint density at radius 2 is 1.89 bits per heavy atom. The second-order valence-corrected chi connectivity index (χ2v) is 5.79. The second-order valence-electron chi connectivity index (χ2n) is 3.65. The fourth-order valence-electron chi connectivity index (χ4n) is 1.28. The number of sulfonamides is 1. The Morgan fingerprint density at radius 3 is 2.39 bits per heavy atom. The molecule has 1 rings (SSSR count). The minimum atomic E-state index is -3.50. The summed E-state index contributed by atoms with van der Waals surface area (Å²) in [7, 11) is -3.50. The predicted octanol–water partition coefficient (Wildman–Crippen LogP) is 1.55. The molecule has 0 saturated heterocycles. The maximum Gasteiger partial charge on any atom is 0.240 e. The van der Waals surface area contributed by atoms with Gasteiger partial charge in [-0.3, -0.25) is 4.79 Å². The molecule has 5 nitrogen and oxygen atoms in total. The van der Waals surface area contributed by atoms with E-state index in [9.17, 15) is 13.2 Å². The fraction of sp³-hybridized carbons (Fsp3) is 0.364. The summed E-state index contributed by atoms with van der Waals surface area (Å²) in [6, 6.07) is 5.96. The van der Waals surface area contributed by atoms with Gasteiger partial charge in [0.2, 0.25) is 15.9 Å². The Morgan fingerprint density at radius 1 is 1.28 bits per heavy atom. The third kappa shape index (κ3) is 4.64. The Labute approximate surface area is 112 Å². The molecule has 0 spiro atoms. The monoisotopic (exact) mass is 290 g/mol. The van der Waals surface area contributed by atoms with Crippen molar-refractivity contribution < 1.29 is 13.2 Å². The summed E-state index contributed by atoms with van der Waals surface area (Å²) in [5.41, 5.74) is 0.558. The van der Waals surface area contributed by atoms with E-state index in [0.717, 1.165) is 0 Å². The molecular formula is C11H15ClN2O3S. The summed E-state index contributed by atoms with van der Waals surface area (Å²) in [4.78, 5) is 11.0. The number of carbonyl (C=O) groups is 1. The lowest BCUT2D eigenvalue weighted by Gasteiger charge is -2.07. The molecule has 0 saturated carbocycles. The highest BCUT2D eigenvalue weighted by atomic mass is 35.5. The first-order chi connectivity index (χ1) is 8.45. The number of alkyl halides is 1. The molecule has 1 aromatic rings. The Hall–Kier alpha value is -1.11. The lowest BCUT2D eigenvalue weighted by Crippen LogP contribution is -2.25. The largest absolute Gasteiger partial charge is 0.326 e. The van der Waals surface area contributed by atoms with Crippen molar-refractivity contribution >= 4 is 33.2 Å². The van der Waals surface area contributed by atoms with Crippen LogP contribution in [-0.2, 0) is 14.8 Å². The van der Waals surface area contributed by atoms with Gasteiger partial charge in [0.05, 0.1) is 4.90 Å². The zero-order valence-electron chi connectivity index (χ0n) is 9.94. The van der Waals surface area contributed by atoms with Crippen molar-refractivity contribution in [1.82, 2.24) is 4.72 Å². The number of hydrogen-bond acceptors (Lipinski definition) is 3.